The molecule has 1 fully saturated rings. The maximum atomic E-state index is 5.92. The summed E-state index contributed by atoms with van der Waals surface area (Å²) in [7, 11) is 0. The van der Waals surface area contributed by atoms with Gasteiger partial charge in [0, 0.05) is 17.8 Å². The van der Waals surface area contributed by atoms with Gasteiger partial charge in [0.05, 0.1) is 6.04 Å². The lowest BCUT2D eigenvalue weighted by molar-refractivity contribution is 0.223. The summed E-state index contributed by atoms with van der Waals surface area (Å²) in [6.07, 6.45) is 6.52. The van der Waals surface area contributed by atoms with Crippen LogP contribution >= 0.6 is 11.8 Å². The third kappa shape index (κ3) is 3.41. The summed E-state index contributed by atoms with van der Waals surface area (Å²) in [4.78, 5) is 0. The van der Waals surface area contributed by atoms with E-state index in [-0.39, 0.29) is 11.6 Å². The Hall–Kier alpha value is -0.170. The van der Waals surface area contributed by atoms with Crippen molar-refractivity contribution in [1.29, 1.82) is 0 Å². The number of hydrogen-bond acceptors (Lipinski definition) is 3. The molecular formula is C12H22N2S. The average molecular weight is 226 g/mol. The van der Waals surface area contributed by atoms with Crippen LogP contribution in [0.3, 0.4) is 0 Å². The molecule has 0 aromatic carbocycles. The van der Waals surface area contributed by atoms with E-state index in [0.29, 0.717) is 12.0 Å². The lowest BCUT2D eigenvalue weighted by Crippen LogP contribution is -2.60. The molecule has 1 aliphatic heterocycles. The Bertz CT molecular complexity index is 257. The molecule has 86 valence electrons. The highest BCUT2D eigenvalue weighted by Gasteiger charge is 2.39. The summed E-state index contributed by atoms with van der Waals surface area (Å²) >= 11 is 1.97. The van der Waals surface area contributed by atoms with Crippen LogP contribution < -0.4 is 11.1 Å². The van der Waals surface area contributed by atoms with Crippen molar-refractivity contribution in [2.24, 2.45) is 11.1 Å². The van der Waals surface area contributed by atoms with E-state index in [2.05, 4.69) is 25.1 Å². The van der Waals surface area contributed by atoms with Gasteiger partial charge in [0.15, 0.2) is 0 Å². The zero-order valence-corrected chi connectivity index (χ0v) is 10.8. The molecule has 0 bridgehead atoms. The maximum absolute atomic E-state index is 5.92. The minimum absolute atomic E-state index is 0.0260. The van der Waals surface area contributed by atoms with E-state index in [1.807, 2.05) is 18.7 Å². The standard InChI is InChI=1S/C12H22N2S/c1-5-10(2)14-12(7-13)6-11(3,4)8-15-9-12/h1,10,14H,6-9,13H2,2-4H3. The molecule has 3 N–H and O–H groups in total. The summed E-state index contributed by atoms with van der Waals surface area (Å²) in [6.45, 7) is 7.27. The molecule has 2 atom stereocenters. The third-order valence-electron chi connectivity index (χ3n) is 2.85. The van der Waals surface area contributed by atoms with Crippen molar-refractivity contribution in [3.8, 4) is 12.3 Å². The van der Waals surface area contributed by atoms with Gasteiger partial charge in [-0.3, -0.25) is 5.32 Å². The zero-order chi connectivity index (χ0) is 11.5. The van der Waals surface area contributed by atoms with Crippen LogP contribution in [0.4, 0.5) is 0 Å². The largest absolute Gasteiger partial charge is 0.329 e. The second kappa shape index (κ2) is 4.78. The fraction of sp³-hybridized carbons (Fsp3) is 0.833. The van der Waals surface area contributed by atoms with Gasteiger partial charge in [0.2, 0.25) is 0 Å². The summed E-state index contributed by atoms with van der Waals surface area (Å²) in [5, 5.41) is 3.51. The molecule has 0 aromatic rings. The number of thioether (sulfide) groups is 1. The van der Waals surface area contributed by atoms with Crippen molar-refractivity contribution >= 4 is 11.8 Å². The molecule has 0 saturated carbocycles. The molecule has 1 rings (SSSR count). The number of rotatable bonds is 3. The minimum atomic E-state index is 0.0260. The summed E-state index contributed by atoms with van der Waals surface area (Å²) in [6, 6.07) is 0.100. The maximum Gasteiger partial charge on any atom is 0.0663 e. The van der Waals surface area contributed by atoms with Gasteiger partial charge >= 0.3 is 0 Å². The normalized spacial score (nSPS) is 31.9. The van der Waals surface area contributed by atoms with E-state index in [4.69, 9.17) is 12.2 Å². The van der Waals surface area contributed by atoms with Gasteiger partial charge in [0.25, 0.3) is 0 Å². The molecule has 0 aliphatic carbocycles. The van der Waals surface area contributed by atoms with E-state index in [9.17, 15) is 0 Å². The molecule has 15 heavy (non-hydrogen) atoms. The Morgan fingerprint density at radius 3 is 2.67 bits per heavy atom. The number of nitrogens with two attached hydrogens (primary N) is 1. The average Bonchev–Trinajstić information content (AvgIpc) is 2.16. The smallest absolute Gasteiger partial charge is 0.0663 e. The minimum Gasteiger partial charge on any atom is -0.329 e. The molecule has 0 radical (unpaired) electrons. The van der Waals surface area contributed by atoms with E-state index in [0.717, 1.165) is 12.2 Å². The van der Waals surface area contributed by atoms with Crippen LogP contribution in [-0.4, -0.2) is 29.6 Å². The van der Waals surface area contributed by atoms with E-state index in [1.165, 1.54) is 5.75 Å². The second-order valence-corrected chi connectivity index (χ2v) is 6.34. The van der Waals surface area contributed by atoms with Crippen molar-refractivity contribution in [2.45, 2.75) is 38.8 Å². The zero-order valence-electron chi connectivity index (χ0n) is 9.97. The molecule has 0 spiro atoms. The monoisotopic (exact) mass is 226 g/mol. The van der Waals surface area contributed by atoms with Gasteiger partial charge in [-0.15, -0.1) is 6.42 Å². The highest BCUT2D eigenvalue weighted by molar-refractivity contribution is 7.99. The van der Waals surface area contributed by atoms with Gasteiger partial charge in [-0.25, -0.2) is 0 Å². The quantitative estimate of drug-likeness (QED) is 0.716. The molecule has 2 nitrogen and oxygen atoms in total. The van der Waals surface area contributed by atoms with Gasteiger partial charge < -0.3 is 5.73 Å². The van der Waals surface area contributed by atoms with E-state index in [1.54, 1.807) is 0 Å². The Morgan fingerprint density at radius 2 is 2.20 bits per heavy atom. The first-order chi connectivity index (χ1) is 6.93. The van der Waals surface area contributed by atoms with Gasteiger partial charge in [-0.1, -0.05) is 19.8 Å². The van der Waals surface area contributed by atoms with Crippen molar-refractivity contribution in [3.63, 3.8) is 0 Å². The van der Waals surface area contributed by atoms with Crippen molar-refractivity contribution in [1.82, 2.24) is 5.32 Å². The Kier molecular flexibility index (Phi) is 4.11. The van der Waals surface area contributed by atoms with Gasteiger partial charge in [-0.2, -0.15) is 11.8 Å². The number of terminal acetylenes is 1. The highest BCUT2D eigenvalue weighted by atomic mass is 32.2. The Balaban J connectivity index is 2.72. The van der Waals surface area contributed by atoms with Crippen molar-refractivity contribution in [3.05, 3.63) is 0 Å². The first-order valence-corrected chi connectivity index (χ1v) is 6.60. The van der Waals surface area contributed by atoms with Crippen LogP contribution in [-0.2, 0) is 0 Å². The SMILES string of the molecule is C#CC(C)NC1(CN)CSCC(C)(C)C1. The van der Waals surface area contributed by atoms with Crippen LogP contribution in [0.1, 0.15) is 27.2 Å². The second-order valence-electron chi connectivity index (χ2n) is 5.35. The lowest BCUT2D eigenvalue weighted by Gasteiger charge is -2.45. The number of nitrogens with one attached hydrogen (secondary N) is 1. The number of hydrogen-bond donors (Lipinski definition) is 2. The molecule has 0 amide bonds. The fourth-order valence-electron chi connectivity index (χ4n) is 2.32. The molecule has 1 saturated heterocycles. The first-order valence-electron chi connectivity index (χ1n) is 5.45. The molecule has 0 aromatic heterocycles. The van der Waals surface area contributed by atoms with Crippen molar-refractivity contribution < 1.29 is 0 Å². The Labute approximate surface area is 97.8 Å². The molecule has 1 aliphatic rings. The van der Waals surface area contributed by atoms with Crippen LogP contribution in [0.2, 0.25) is 0 Å². The predicted octanol–water partition coefficient (Wildman–Crippen LogP) is 1.46. The summed E-state index contributed by atoms with van der Waals surface area (Å²) < 4.78 is 0. The fourth-order valence-corrected chi connectivity index (χ4v) is 3.78. The molecular weight excluding hydrogens is 204 g/mol. The molecule has 2 unspecified atom stereocenters. The first kappa shape index (κ1) is 12.9. The van der Waals surface area contributed by atoms with Crippen LogP contribution in [0.5, 0.6) is 0 Å². The lowest BCUT2D eigenvalue weighted by atomic mass is 9.79. The van der Waals surface area contributed by atoms with Crippen LogP contribution in [0.15, 0.2) is 0 Å². The van der Waals surface area contributed by atoms with E-state index >= 15 is 0 Å². The van der Waals surface area contributed by atoms with Gasteiger partial charge in [0.1, 0.15) is 0 Å². The van der Waals surface area contributed by atoms with Crippen LogP contribution in [0.25, 0.3) is 0 Å². The van der Waals surface area contributed by atoms with Crippen molar-refractivity contribution in [2.75, 3.05) is 18.1 Å². The molecule has 1 heterocycles. The van der Waals surface area contributed by atoms with E-state index < -0.39 is 0 Å². The van der Waals surface area contributed by atoms with Gasteiger partial charge in [-0.05, 0) is 24.5 Å². The summed E-state index contributed by atoms with van der Waals surface area (Å²) in [5.41, 5.74) is 6.29. The summed E-state index contributed by atoms with van der Waals surface area (Å²) in [5.74, 6) is 5.00. The highest BCUT2D eigenvalue weighted by Crippen LogP contribution is 2.38. The van der Waals surface area contributed by atoms with Crippen LogP contribution in [0, 0.1) is 17.8 Å². The molecule has 3 heteroatoms. The topological polar surface area (TPSA) is 38.0 Å². The Morgan fingerprint density at radius 1 is 1.53 bits per heavy atom. The predicted molar refractivity (Wildman–Crippen MR) is 68.9 cm³/mol. The third-order valence-corrected chi connectivity index (χ3v) is 4.59.